The van der Waals surface area contributed by atoms with Gasteiger partial charge in [0.2, 0.25) is 5.60 Å². The first-order valence-electron chi connectivity index (χ1n) is 21.5. The number of carbonyl (C=O) groups is 5. The predicted molar refractivity (Wildman–Crippen MR) is 259 cm³/mol. The van der Waals surface area contributed by atoms with Crippen molar-refractivity contribution in [3.8, 4) is 5.75 Å². The maximum absolute atomic E-state index is 14.8. The van der Waals surface area contributed by atoms with Crippen LogP contribution in [0.1, 0.15) is 55.1 Å². The van der Waals surface area contributed by atoms with E-state index >= 15 is 0 Å². The summed E-state index contributed by atoms with van der Waals surface area (Å²) in [5.41, 5.74) is -0.242. The van der Waals surface area contributed by atoms with Crippen LogP contribution in [0.3, 0.4) is 0 Å². The summed E-state index contributed by atoms with van der Waals surface area (Å²) >= 11 is 2.12. The number of sulfone groups is 1. The van der Waals surface area contributed by atoms with Gasteiger partial charge in [-0.25, -0.2) is 23.0 Å². The molecule has 2 aliphatic rings. The Morgan fingerprint density at radius 1 is 0.855 bits per heavy atom. The van der Waals surface area contributed by atoms with E-state index in [1.807, 2.05) is 91.0 Å². The van der Waals surface area contributed by atoms with Gasteiger partial charge in [0.05, 0.1) is 32.1 Å². The van der Waals surface area contributed by atoms with E-state index in [9.17, 15) is 32.4 Å². The van der Waals surface area contributed by atoms with Crippen molar-refractivity contribution < 1.29 is 56.2 Å². The van der Waals surface area contributed by atoms with Crippen LogP contribution < -0.4 is 15.4 Å². The molecular weight excluding hydrogens is 947 g/mol. The van der Waals surface area contributed by atoms with Crippen LogP contribution in [-0.2, 0) is 60.3 Å². The molecule has 2 N–H and O–H groups in total. The topological polar surface area (TPSA) is 218 Å². The number of rotatable bonds is 18. The summed E-state index contributed by atoms with van der Waals surface area (Å²) in [5, 5.41) is 10.6. The van der Waals surface area contributed by atoms with Gasteiger partial charge < -0.3 is 29.1 Å². The Hall–Kier alpha value is -7.03. The molecule has 17 nitrogen and oxygen atoms in total. The van der Waals surface area contributed by atoms with Gasteiger partial charge in [-0.2, -0.15) is 0 Å². The fraction of sp³-hybridized carbons (Fsp3) is 0.286. The third-order valence-electron chi connectivity index (χ3n) is 10.7. The van der Waals surface area contributed by atoms with Crippen LogP contribution in [-0.4, -0.2) is 102 Å². The van der Waals surface area contributed by atoms with Crippen molar-refractivity contribution in [2.45, 2.75) is 56.4 Å². The first-order chi connectivity index (χ1) is 33.0. The highest BCUT2D eigenvalue weighted by Gasteiger charge is 2.55. The molecule has 3 heterocycles. The highest BCUT2D eigenvalue weighted by Crippen LogP contribution is 2.43. The van der Waals surface area contributed by atoms with Gasteiger partial charge in [-0.3, -0.25) is 24.6 Å². The van der Waals surface area contributed by atoms with Crippen molar-refractivity contribution in [2.24, 2.45) is 5.16 Å². The van der Waals surface area contributed by atoms with Crippen LogP contribution in [0, 0.1) is 0 Å². The molecule has 0 bridgehead atoms. The predicted octanol–water partition coefficient (Wildman–Crippen LogP) is 6.59. The molecule has 5 aromatic rings. The van der Waals surface area contributed by atoms with Crippen LogP contribution >= 0.6 is 23.1 Å². The number of thioether (sulfide) groups is 1. The fourth-order valence-corrected chi connectivity index (χ4v) is 11.0. The molecular formula is C49H49N5O12S3. The molecule has 2 atom stereocenters. The van der Waals surface area contributed by atoms with Gasteiger partial charge in [0.25, 0.3) is 11.8 Å². The van der Waals surface area contributed by atoms with E-state index in [0.717, 1.165) is 35.1 Å². The molecule has 1 aromatic heterocycles. The second-order valence-electron chi connectivity index (χ2n) is 16.6. The lowest BCUT2D eigenvalue weighted by Gasteiger charge is -2.49. The molecule has 0 radical (unpaired) electrons. The SMILES string of the molecule is COC(=O)CCS(=O)(=O)CC1=C(C(=O)OCc2ccc(OC)cc2)N2C(=O)C(NC(=O)/C(=N\OC(c3ccccc3)(c3ccccc3)c3ccccc3)c3csc(NC(=O)OC(C)(C)C)n3)[C@H]2SC1. The minimum absolute atomic E-state index is 0.0197. The molecule has 1 unspecified atom stereocenters. The Labute approximate surface area is 407 Å². The van der Waals surface area contributed by atoms with Crippen molar-refractivity contribution in [1.29, 1.82) is 0 Å². The van der Waals surface area contributed by atoms with E-state index in [1.54, 1.807) is 45.0 Å². The number of oxime groups is 1. The molecule has 1 saturated heterocycles. The van der Waals surface area contributed by atoms with Crippen molar-refractivity contribution in [2.75, 3.05) is 36.8 Å². The number of hydrogen-bond acceptors (Lipinski definition) is 16. The first-order valence-corrected chi connectivity index (χ1v) is 25.2. The van der Waals surface area contributed by atoms with Gasteiger partial charge in [-0.1, -0.05) is 108 Å². The summed E-state index contributed by atoms with van der Waals surface area (Å²) in [5.74, 6) is -4.00. The van der Waals surface area contributed by atoms with E-state index in [4.69, 9.17) is 19.0 Å². The second kappa shape index (κ2) is 21.5. The number of fused-ring (bicyclic) bond motifs is 1. The van der Waals surface area contributed by atoms with E-state index in [2.05, 4.69) is 25.5 Å². The van der Waals surface area contributed by atoms with Crippen LogP contribution in [0.5, 0.6) is 5.75 Å². The Morgan fingerprint density at radius 3 is 2.00 bits per heavy atom. The second-order valence-corrected chi connectivity index (χ2v) is 20.8. The minimum atomic E-state index is -4.00. The maximum atomic E-state index is 14.8. The zero-order valence-corrected chi connectivity index (χ0v) is 40.7. The van der Waals surface area contributed by atoms with Crippen LogP contribution in [0.15, 0.2) is 137 Å². The van der Waals surface area contributed by atoms with Gasteiger partial charge in [0, 0.05) is 27.8 Å². The highest BCUT2D eigenvalue weighted by atomic mass is 32.2. The number of hydrogen-bond donors (Lipinski definition) is 2. The van der Waals surface area contributed by atoms with Gasteiger partial charge >= 0.3 is 18.0 Å². The molecule has 0 aliphatic carbocycles. The molecule has 4 aromatic carbocycles. The van der Waals surface area contributed by atoms with Gasteiger partial charge in [-0.05, 0) is 44.0 Å². The van der Waals surface area contributed by atoms with E-state index in [1.165, 1.54) is 12.5 Å². The fourth-order valence-electron chi connectivity index (χ4n) is 7.44. The number of esters is 2. The Balaban J connectivity index is 1.23. The number of thiazole rings is 1. The highest BCUT2D eigenvalue weighted by molar-refractivity contribution is 8.00. The van der Waals surface area contributed by atoms with E-state index < -0.39 is 80.2 Å². The number of anilines is 1. The average Bonchev–Trinajstić information content (AvgIpc) is 3.80. The number of aromatic nitrogens is 1. The largest absolute Gasteiger partial charge is 0.497 e. The Morgan fingerprint density at radius 2 is 1.45 bits per heavy atom. The number of nitrogens with one attached hydrogen (secondary N) is 2. The molecule has 7 rings (SSSR count). The monoisotopic (exact) mass is 995 g/mol. The summed E-state index contributed by atoms with van der Waals surface area (Å²) in [6.07, 6.45) is -1.19. The molecule has 1 fully saturated rings. The lowest BCUT2D eigenvalue weighted by atomic mass is 9.80. The van der Waals surface area contributed by atoms with Crippen LogP contribution in [0.4, 0.5) is 9.93 Å². The number of nitrogens with zero attached hydrogens (tertiary/aromatic N) is 3. The van der Waals surface area contributed by atoms with Crippen LogP contribution in [0.25, 0.3) is 0 Å². The molecule has 3 amide bonds. The number of amides is 3. The molecule has 2 aliphatic heterocycles. The molecule has 0 saturated carbocycles. The summed E-state index contributed by atoms with van der Waals surface area (Å²) in [6.45, 7) is 4.90. The summed E-state index contributed by atoms with van der Waals surface area (Å²) in [7, 11) is -1.35. The van der Waals surface area contributed by atoms with Gasteiger partial charge in [0.15, 0.2) is 20.7 Å². The number of ether oxygens (including phenoxy) is 4. The summed E-state index contributed by atoms with van der Waals surface area (Å²) in [6, 6.07) is 33.4. The van der Waals surface area contributed by atoms with Crippen molar-refractivity contribution in [3.63, 3.8) is 0 Å². The summed E-state index contributed by atoms with van der Waals surface area (Å²) < 4.78 is 47.6. The lowest BCUT2D eigenvalue weighted by Crippen LogP contribution is -2.71. The Bertz CT molecular complexity index is 2750. The maximum Gasteiger partial charge on any atom is 0.413 e. The first kappa shape index (κ1) is 49.9. The Kier molecular flexibility index (Phi) is 15.5. The van der Waals surface area contributed by atoms with Crippen molar-refractivity contribution in [1.82, 2.24) is 15.2 Å². The lowest BCUT2D eigenvalue weighted by molar-refractivity contribution is -0.153. The number of β-lactam (4-membered cyclic amide) rings is 1. The smallest absolute Gasteiger partial charge is 0.413 e. The standard InChI is InChI=1S/C49H49N5O12S3/c1-48(2,3)65-47(59)52-46-50-37(29-68-46)39(53-66-49(33-15-9-6-10-16-33,34-17-11-7-12-18-34)35-19-13-8-14-20-35)42(56)51-40-43(57)54-41(45(58)64-27-31-21-23-36(62-4)24-22-31)32(28-67-44(40)54)30-69(60,61)26-25-38(55)63-5/h6-24,29,40,44H,25-28,30H2,1-5H3,(H,51,56)(H,50,52,59)/b53-39-/t40?,44-/m1/s1. The third kappa shape index (κ3) is 11.8. The zero-order chi connectivity index (χ0) is 49.3. The third-order valence-corrected chi connectivity index (χ3v) is 14.4. The van der Waals surface area contributed by atoms with Gasteiger partial charge in [0.1, 0.15) is 40.8 Å². The van der Waals surface area contributed by atoms with E-state index in [-0.39, 0.29) is 40.2 Å². The quantitative estimate of drug-likeness (QED) is 0.0237. The summed E-state index contributed by atoms with van der Waals surface area (Å²) in [4.78, 5) is 80.0. The number of benzene rings is 4. The molecule has 20 heteroatoms. The van der Waals surface area contributed by atoms with Crippen molar-refractivity contribution >= 4 is 73.6 Å². The van der Waals surface area contributed by atoms with Gasteiger partial charge in [-0.15, -0.1) is 23.1 Å². The van der Waals surface area contributed by atoms with E-state index in [0.29, 0.717) is 28.0 Å². The normalized spacial score (nSPS) is 16.1. The number of carbonyl (C=O) groups excluding carboxylic acids is 5. The molecule has 69 heavy (non-hydrogen) atoms. The molecule has 0 spiro atoms. The molecule has 360 valence electrons. The minimum Gasteiger partial charge on any atom is -0.497 e. The number of methoxy groups -OCH3 is 2. The van der Waals surface area contributed by atoms with Crippen LogP contribution in [0.2, 0.25) is 0 Å². The zero-order valence-electron chi connectivity index (χ0n) is 38.2. The average molecular weight is 996 g/mol. The van der Waals surface area contributed by atoms with Crippen molar-refractivity contribution in [3.05, 3.63) is 160 Å².